The van der Waals surface area contributed by atoms with Crippen molar-refractivity contribution < 1.29 is 54.8 Å². The van der Waals surface area contributed by atoms with Crippen molar-refractivity contribution in [2.75, 3.05) is 13.2 Å². The van der Waals surface area contributed by atoms with Gasteiger partial charge in [-0.25, -0.2) is 4.79 Å². The topological polar surface area (TPSA) is 186 Å². The van der Waals surface area contributed by atoms with E-state index in [4.69, 9.17) is 19.7 Å². The fourth-order valence-electron chi connectivity index (χ4n) is 2.20. The SMILES string of the molecule is O=C1OC(C(O)CO)C(O)=C1O[C@@H]1OC(CO)[C@@H](O)C(O)C1O. The van der Waals surface area contributed by atoms with E-state index in [9.17, 15) is 30.3 Å². The van der Waals surface area contributed by atoms with Gasteiger partial charge in [0.2, 0.25) is 12.0 Å². The Morgan fingerprint density at radius 3 is 2.35 bits per heavy atom. The summed E-state index contributed by atoms with van der Waals surface area (Å²) in [5.74, 6) is -2.79. The summed E-state index contributed by atoms with van der Waals surface area (Å²) in [7, 11) is 0. The van der Waals surface area contributed by atoms with Crippen LogP contribution in [0.4, 0.5) is 0 Å². The molecule has 0 aromatic rings. The standard InChI is InChI=1S/C12H18O11/c13-1-3(15)9-8(19)10(11(20)22-9)23-12-7(18)6(17)5(16)4(2-14)21-12/h3-7,9,12-19H,1-2H2/t3?,4?,5-,6?,7?,9?,12+/m1/s1. The third-order valence-electron chi connectivity index (χ3n) is 3.54. The van der Waals surface area contributed by atoms with Crippen molar-refractivity contribution >= 4 is 5.97 Å². The predicted octanol–water partition coefficient (Wildman–Crippen LogP) is -4.15. The quantitative estimate of drug-likeness (QED) is 0.241. The highest BCUT2D eigenvalue weighted by Gasteiger charge is 2.48. The van der Waals surface area contributed by atoms with Gasteiger partial charge in [0.15, 0.2) is 11.9 Å². The van der Waals surface area contributed by atoms with Crippen LogP contribution in [0.2, 0.25) is 0 Å². The summed E-state index contributed by atoms with van der Waals surface area (Å²) in [6, 6.07) is 0. The molecule has 2 aliphatic heterocycles. The van der Waals surface area contributed by atoms with Gasteiger partial charge in [0.05, 0.1) is 13.2 Å². The Hall–Kier alpha value is -1.47. The first-order valence-corrected chi connectivity index (χ1v) is 6.72. The molecule has 0 aliphatic carbocycles. The molecule has 2 heterocycles. The number of aliphatic hydroxyl groups is 7. The third-order valence-corrected chi connectivity index (χ3v) is 3.54. The number of hydrogen-bond donors (Lipinski definition) is 7. The van der Waals surface area contributed by atoms with E-state index >= 15 is 0 Å². The zero-order chi connectivity index (χ0) is 17.3. The number of hydrogen-bond acceptors (Lipinski definition) is 11. The van der Waals surface area contributed by atoms with E-state index in [2.05, 4.69) is 4.74 Å². The van der Waals surface area contributed by atoms with Crippen LogP contribution >= 0.6 is 0 Å². The molecule has 1 saturated heterocycles. The van der Waals surface area contributed by atoms with Gasteiger partial charge in [0.1, 0.15) is 30.5 Å². The molecular weight excluding hydrogens is 320 g/mol. The average Bonchev–Trinajstić information content (AvgIpc) is 2.82. The van der Waals surface area contributed by atoms with Gasteiger partial charge in [0, 0.05) is 0 Å². The van der Waals surface area contributed by atoms with Crippen LogP contribution in [-0.2, 0) is 19.0 Å². The minimum Gasteiger partial charge on any atom is -0.505 e. The van der Waals surface area contributed by atoms with Crippen LogP contribution in [0.5, 0.6) is 0 Å². The van der Waals surface area contributed by atoms with Gasteiger partial charge in [-0.1, -0.05) is 0 Å². The van der Waals surface area contributed by atoms with Crippen molar-refractivity contribution in [3.05, 3.63) is 11.5 Å². The maximum absolute atomic E-state index is 11.6. The van der Waals surface area contributed by atoms with Crippen LogP contribution in [0.3, 0.4) is 0 Å². The molecule has 0 spiro atoms. The Balaban J connectivity index is 2.16. The van der Waals surface area contributed by atoms with E-state index in [0.717, 1.165) is 0 Å². The Morgan fingerprint density at radius 1 is 1.13 bits per heavy atom. The lowest BCUT2D eigenvalue weighted by molar-refractivity contribution is -0.291. The number of aliphatic hydroxyl groups excluding tert-OH is 7. The zero-order valence-corrected chi connectivity index (χ0v) is 11.7. The number of ether oxygens (including phenoxy) is 3. The first kappa shape index (κ1) is 17.9. The Bertz CT molecular complexity index is 476. The molecular formula is C12H18O11. The number of esters is 1. The highest BCUT2D eigenvalue weighted by molar-refractivity contribution is 5.89. The van der Waals surface area contributed by atoms with Crippen LogP contribution in [0.25, 0.3) is 0 Å². The molecule has 5 unspecified atom stereocenters. The molecule has 0 aromatic carbocycles. The molecule has 11 heteroatoms. The summed E-state index contributed by atoms with van der Waals surface area (Å²) in [5.41, 5.74) is 0. The molecule has 11 nitrogen and oxygen atoms in total. The van der Waals surface area contributed by atoms with Gasteiger partial charge in [0.25, 0.3) is 0 Å². The highest BCUT2D eigenvalue weighted by atomic mass is 16.7. The molecule has 2 rings (SSSR count). The van der Waals surface area contributed by atoms with Crippen LogP contribution in [0, 0.1) is 0 Å². The van der Waals surface area contributed by atoms with E-state index in [1.165, 1.54) is 0 Å². The molecule has 132 valence electrons. The molecule has 7 atom stereocenters. The summed E-state index contributed by atoms with van der Waals surface area (Å²) in [6.07, 6.45) is -11.2. The van der Waals surface area contributed by atoms with Crippen LogP contribution in [0.15, 0.2) is 11.5 Å². The molecule has 1 fully saturated rings. The van der Waals surface area contributed by atoms with Crippen molar-refractivity contribution in [3.8, 4) is 0 Å². The molecule has 0 aromatic heterocycles. The first-order valence-electron chi connectivity index (χ1n) is 6.72. The second-order valence-electron chi connectivity index (χ2n) is 5.11. The minimum atomic E-state index is -1.79. The van der Waals surface area contributed by atoms with Gasteiger partial charge >= 0.3 is 5.97 Å². The van der Waals surface area contributed by atoms with Crippen molar-refractivity contribution in [2.45, 2.75) is 42.9 Å². The van der Waals surface area contributed by atoms with Crippen molar-refractivity contribution in [2.24, 2.45) is 0 Å². The summed E-state index contributed by atoms with van der Waals surface area (Å²) in [5, 5.41) is 66.1. The molecule has 0 bridgehead atoms. The lowest BCUT2D eigenvalue weighted by atomic mass is 9.99. The number of carbonyl (C=O) groups excluding carboxylic acids is 1. The van der Waals surface area contributed by atoms with Crippen LogP contribution < -0.4 is 0 Å². The van der Waals surface area contributed by atoms with E-state index < -0.39 is 73.6 Å². The highest BCUT2D eigenvalue weighted by Crippen LogP contribution is 2.29. The maximum Gasteiger partial charge on any atom is 0.378 e. The van der Waals surface area contributed by atoms with Gasteiger partial charge in [-0.3, -0.25) is 0 Å². The first-order chi connectivity index (χ1) is 10.8. The Labute approximate surface area is 129 Å². The van der Waals surface area contributed by atoms with Gasteiger partial charge in [-0.2, -0.15) is 0 Å². The Kier molecular flexibility index (Phi) is 5.41. The monoisotopic (exact) mass is 338 g/mol. The van der Waals surface area contributed by atoms with E-state index in [1.54, 1.807) is 0 Å². The van der Waals surface area contributed by atoms with Gasteiger partial charge in [-0.15, -0.1) is 0 Å². The fraction of sp³-hybridized carbons (Fsp3) is 0.750. The second-order valence-corrected chi connectivity index (χ2v) is 5.11. The summed E-state index contributed by atoms with van der Waals surface area (Å²) in [4.78, 5) is 11.6. The summed E-state index contributed by atoms with van der Waals surface area (Å²) < 4.78 is 14.6. The molecule has 0 radical (unpaired) electrons. The van der Waals surface area contributed by atoms with Crippen molar-refractivity contribution in [1.82, 2.24) is 0 Å². The lowest BCUT2D eigenvalue weighted by Gasteiger charge is -2.39. The minimum absolute atomic E-state index is 0.702. The Morgan fingerprint density at radius 2 is 1.78 bits per heavy atom. The van der Waals surface area contributed by atoms with Crippen LogP contribution in [-0.4, -0.2) is 97.8 Å². The second kappa shape index (κ2) is 6.97. The molecule has 0 amide bonds. The predicted molar refractivity (Wildman–Crippen MR) is 67.5 cm³/mol. The molecule has 0 saturated carbocycles. The van der Waals surface area contributed by atoms with Gasteiger partial charge < -0.3 is 50.0 Å². The number of carbonyl (C=O) groups is 1. The number of cyclic esters (lactones) is 1. The maximum atomic E-state index is 11.6. The van der Waals surface area contributed by atoms with E-state index in [-0.39, 0.29) is 0 Å². The molecule has 7 N–H and O–H groups in total. The normalized spacial score (nSPS) is 39.3. The molecule has 23 heavy (non-hydrogen) atoms. The zero-order valence-electron chi connectivity index (χ0n) is 11.7. The smallest absolute Gasteiger partial charge is 0.378 e. The van der Waals surface area contributed by atoms with E-state index in [1.807, 2.05) is 0 Å². The lowest BCUT2D eigenvalue weighted by Crippen LogP contribution is -2.59. The van der Waals surface area contributed by atoms with Crippen molar-refractivity contribution in [3.63, 3.8) is 0 Å². The third kappa shape index (κ3) is 3.26. The van der Waals surface area contributed by atoms with Gasteiger partial charge in [-0.05, 0) is 0 Å². The fourth-order valence-corrected chi connectivity index (χ4v) is 2.20. The van der Waals surface area contributed by atoms with E-state index in [0.29, 0.717) is 0 Å². The number of rotatable bonds is 5. The summed E-state index contributed by atoms with van der Waals surface area (Å²) in [6.45, 7) is -1.50. The molecule has 2 aliphatic rings. The summed E-state index contributed by atoms with van der Waals surface area (Å²) >= 11 is 0. The average molecular weight is 338 g/mol. The van der Waals surface area contributed by atoms with Crippen LogP contribution in [0.1, 0.15) is 0 Å². The largest absolute Gasteiger partial charge is 0.505 e. The van der Waals surface area contributed by atoms with Crippen molar-refractivity contribution in [1.29, 1.82) is 0 Å².